The van der Waals surface area contributed by atoms with Crippen molar-refractivity contribution in [3.8, 4) is 0 Å². The van der Waals surface area contributed by atoms with Crippen LogP contribution in [-0.2, 0) is 35.3 Å². The Hall–Kier alpha value is -2.21. The summed E-state index contributed by atoms with van der Waals surface area (Å²) in [4.78, 5) is 16.2. The number of nitrogens with one attached hydrogen (secondary N) is 1. The van der Waals surface area contributed by atoms with Gasteiger partial charge in [-0.05, 0) is 31.7 Å². The molecule has 1 aromatic heterocycles. The second-order valence-corrected chi connectivity index (χ2v) is 6.71. The average molecular weight is 356 g/mol. The van der Waals surface area contributed by atoms with Crippen molar-refractivity contribution in [1.82, 2.24) is 20.1 Å². The van der Waals surface area contributed by atoms with Gasteiger partial charge in [-0.15, -0.1) is 0 Å². The second kappa shape index (κ2) is 9.48. The van der Waals surface area contributed by atoms with Crippen LogP contribution in [0.25, 0.3) is 0 Å². The van der Waals surface area contributed by atoms with E-state index in [2.05, 4.69) is 34.7 Å². The van der Waals surface area contributed by atoms with Gasteiger partial charge in [0.25, 0.3) is 0 Å². The number of amides is 1. The number of aryl methyl sites for hydroxylation is 2. The van der Waals surface area contributed by atoms with E-state index in [1.165, 1.54) is 5.56 Å². The number of benzene rings is 1. The fraction of sp³-hybridized carbons (Fsp3) is 0.550. The maximum absolute atomic E-state index is 11.4. The third kappa shape index (κ3) is 5.39. The van der Waals surface area contributed by atoms with E-state index < -0.39 is 0 Å². The van der Waals surface area contributed by atoms with Gasteiger partial charge in [0.15, 0.2) is 5.82 Å². The smallest absolute Gasteiger partial charge is 0.220 e. The first-order valence-corrected chi connectivity index (χ1v) is 9.58. The van der Waals surface area contributed by atoms with Crippen LogP contribution in [0.3, 0.4) is 0 Å². The number of rotatable bonds is 10. The van der Waals surface area contributed by atoms with Gasteiger partial charge in [-0.3, -0.25) is 4.79 Å². The highest BCUT2D eigenvalue weighted by atomic mass is 16.5. The zero-order valence-electron chi connectivity index (χ0n) is 15.5. The van der Waals surface area contributed by atoms with E-state index in [1.807, 2.05) is 17.7 Å². The largest absolute Gasteiger partial charge is 0.380 e. The first-order valence-electron chi connectivity index (χ1n) is 9.58. The Labute approximate surface area is 155 Å². The SMILES string of the molecule is CCOCCn1nc(CCCc2ccccc2)nc1C[C@H]1CCC(=O)N1. The van der Waals surface area contributed by atoms with Crippen LogP contribution in [0.1, 0.15) is 43.4 Å². The third-order valence-corrected chi connectivity index (χ3v) is 4.67. The van der Waals surface area contributed by atoms with Crippen molar-refractivity contribution >= 4 is 5.91 Å². The monoisotopic (exact) mass is 356 g/mol. The molecule has 26 heavy (non-hydrogen) atoms. The quantitative estimate of drug-likeness (QED) is 0.663. The van der Waals surface area contributed by atoms with E-state index >= 15 is 0 Å². The number of ether oxygens (including phenoxy) is 1. The lowest BCUT2D eigenvalue weighted by atomic mass is 10.1. The summed E-state index contributed by atoms with van der Waals surface area (Å²) in [7, 11) is 0. The van der Waals surface area contributed by atoms with Gasteiger partial charge >= 0.3 is 0 Å². The number of hydrogen-bond acceptors (Lipinski definition) is 4. The molecule has 6 nitrogen and oxygen atoms in total. The molecule has 1 aromatic carbocycles. The van der Waals surface area contributed by atoms with Crippen LogP contribution in [0.15, 0.2) is 30.3 Å². The Kier molecular flexibility index (Phi) is 6.77. The summed E-state index contributed by atoms with van der Waals surface area (Å²) in [5, 5.41) is 7.71. The van der Waals surface area contributed by atoms with Crippen LogP contribution >= 0.6 is 0 Å². The first kappa shape index (κ1) is 18.6. The van der Waals surface area contributed by atoms with Gasteiger partial charge in [0.1, 0.15) is 5.82 Å². The molecule has 1 saturated heterocycles. The summed E-state index contributed by atoms with van der Waals surface area (Å²) in [5.41, 5.74) is 1.34. The molecule has 2 heterocycles. The van der Waals surface area contributed by atoms with Gasteiger partial charge < -0.3 is 10.1 Å². The molecule has 1 amide bonds. The van der Waals surface area contributed by atoms with Crippen molar-refractivity contribution in [2.24, 2.45) is 0 Å². The number of hydrogen-bond donors (Lipinski definition) is 1. The van der Waals surface area contributed by atoms with Crippen molar-refractivity contribution < 1.29 is 9.53 Å². The summed E-state index contributed by atoms with van der Waals surface area (Å²) in [6.07, 6.45) is 5.15. The molecule has 1 N–H and O–H groups in total. The Morgan fingerprint density at radius 3 is 2.85 bits per heavy atom. The van der Waals surface area contributed by atoms with Crippen molar-refractivity contribution in [2.75, 3.05) is 13.2 Å². The maximum atomic E-state index is 11.4. The normalized spacial score (nSPS) is 16.8. The average Bonchev–Trinajstić information content (AvgIpc) is 3.23. The van der Waals surface area contributed by atoms with Gasteiger partial charge in [-0.25, -0.2) is 9.67 Å². The predicted molar refractivity (Wildman–Crippen MR) is 99.9 cm³/mol. The molecule has 140 valence electrons. The Balaban J connectivity index is 1.59. The zero-order valence-corrected chi connectivity index (χ0v) is 15.5. The fourth-order valence-corrected chi connectivity index (χ4v) is 3.30. The lowest BCUT2D eigenvalue weighted by Gasteiger charge is -2.10. The molecule has 3 rings (SSSR count). The van der Waals surface area contributed by atoms with E-state index in [0.29, 0.717) is 26.2 Å². The molecule has 0 saturated carbocycles. The Bertz CT molecular complexity index is 699. The minimum atomic E-state index is 0.137. The lowest BCUT2D eigenvalue weighted by Crippen LogP contribution is -2.28. The summed E-state index contributed by atoms with van der Waals surface area (Å²) < 4.78 is 7.43. The van der Waals surface area contributed by atoms with Crippen LogP contribution < -0.4 is 5.32 Å². The minimum Gasteiger partial charge on any atom is -0.380 e. The van der Waals surface area contributed by atoms with Crippen LogP contribution in [0.2, 0.25) is 0 Å². The molecule has 1 fully saturated rings. The van der Waals surface area contributed by atoms with Gasteiger partial charge in [0, 0.05) is 31.9 Å². The van der Waals surface area contributed by atoms with Gasteiger partial charge in [-0.1, -0.05) is 30.3 Å². The molecular formula is C20H28N4O2. The molecule has 2 aromatic rings. The number of carbonyl (C=O) groups excluding carboxylic acids is 1. The van der Waals surface area contributed by atoms with E-state index in [0.717, 1.165) is 43.8 Å². The molecule has 0 radical (unpaired) electrons. The molecule has 0 aliphatic carbocycles. The van der Waals surface area contributed by atoms with Gasteiger partial charge in [0.05, 0.1) is 13.2 Å². The predicted octanol–water partition coefficient (Wildman–Crippen LogP) is 2.31. The van der Waals surface area contributed by atoms with Gasteiger partial charge in [0.2, 0.25) is 5.91 Å². The van der Waals surface area contributed by atoms with E-state index in [9.17, 15) is 4.79 Å². The molecule has 1 aliphatic rings. The van der Waals surface area contributed by atoms with Crippen molar-refractivity contribution in [3.05, 3.63) is 47.5 Å². The molecule has 0 bridgehead atoms. The van der Waals surface area contributed by atoms with Gasteiger partial charge in [-0.2, -0.15) is 5.10 Å². The van der Waals surface area contributed by atoms with E-state index in [-0.39, 0.29) is 11.9 Å². The number of nitrogens with zero attached hydrogens (tertiary/aromatic N) is 3. The summed E-state index contributed by atoms with van der Waals surface area (Å²) in [6.45, 7) is 4.03. The molecule has 6 heteroatoms. The number of carbonyl (C=O) groups is 1. The Morgan fingerprint density at radius 2 is 2.12 bits per heavy atom. The number of aromatic nitrogens is 3. The highest BCUT2D eigenvalue weighted by molar-refractivity contribution is 5.78. The van der Waals surface area contributed by atoms with E-state index in [1.54, 1.807) is 0 Å². The van der Waals surface area contributed by atoms with Crippen molar-refractivity contribution in [3.63, 3.8) is 0 Å². The molecule has 1 aliphatic heterocycles. The first-order chi connectivity index (χ1) is 12.7. The molecule has 0 unspecified atom stereocenters. The minimum absolute atomic E-state index is 0.137. The standard InChI is InChI=1S/C20H28N4O2/c1-2-26-14-13-24-19(15-17-11-12-20(25)21-17)22-18(23-24)10-6-9-16-7-4-3-5-8-16/h3-5,7-8,17H,2,6,9-15H2,1H3,(H,21,25)/t17-/m1/s1. The van der Waals surface area contributed by atoms with Crippen molar-refractivity contribution in [2.45, 2.75) is 58.0 Å². The van der Waals surface area contributed by atoms with Crippen LogP contribution in [0.5, 0.6) is 0 Å². The maximum Gasteiger partial charge on any atom is 0.220 e. The highest BCUT2D eigenvalue weighted by Gasteiger charge is 2.23. The van der Waals surface area contributed by atoms with Crippen LogP contribution in [-0.4, -0.2) is 39.9 Å². The zero-order chi connectivity index (χ0) is 18.2. The summed E-state index contributed by atoms with van der Waals surface area (Å²) >= 11 is 0. The molecular weight excluding hydrogens is 328 g/mol. The molecule has 1 atom stereocenters. The van der Waals surface area contributed by atoms with Crippen LogP contribution in [0, 0.1) is 0 Å². The van der Waals surface area contributed by atoms with Crippen LogP contribution in [0.4, 0.5) is 0 Å². The fourth-order valence-electron chi connectivity index (χ4n) is 3.30. The summed E-state index contributed by atoms with van der Waals surface area (Å²) in [5.74, 6) is 1.97. The highest BCUT2D eigenvalue weighted by Crippen LogP contribution is 2.13. The van der Waals surface area contributed by atoms with E-state index in [4.69, 9.17) is 9.72 Å². The third-order valence-electron chi connectivity index (χ3n) is 4.67. The molecule has 0 spiro atoms. The van der Waals surface area contributed by atoms with Crippen molar-refractivity contribution in [1.29, 1.82) is 0 Å². The lowest BCUT2D eigenvalue weighted by molar-refractivity contribution is -0.119. The second-order valence-electron chi connectivity index (χ2n) is 6.71. The Morgan fingerprint density at radius 1 is 1.27 bits per heavy atom. The summed E-state index contributed by atoms with van der Waals surface area (Å²) in [6, 6.07) is 10.7. The topological polar surface area (TPSA) is 69.0 Å².